The van der Waals surface area contributed by atoms with Crippen molar-refractivity contribution in [1.82, 2.24) is 0 Å². The lowest BCUT2D eigenvalue weighted by Gasteiger charge is -2.09. The van der Waals surface area contributed by atoms with Gasteiger partial charge in [0.25, 0.3) is 0 Å². The standard InChI is InChI=1S/C26H20N2O2S/c29-31(30,27-25(21-13-5-1-6-14-21)22-15-7-2-8-16-22)28-26(23-17-9-3-10-18-23)24-19-11-4-12-20-24/h1-20H. The van der Waals surface area contributed by atoms with Crippen molar-refractivity contribution in [2.45, 2.75) is 0 Å². The molecule has 0 radical (unpaired) electrons. The van der Waals surface area contributed by atoms with Crippen LogP contribution < -0.4 is 0 Å². The molecule has 0 saturated carbocycles. The largest absolute Gasteiger partial charge is 0.364 e. The van der Waals surface area contributed by atoms with Gasteiger partial charge in [0.05, 0.1) is 11.4 Å². The average molecular weight is 425 g/mol. The summed E-state index contributed by atoms with van der Waals surface area (Å²) in [6.07, 6.45) is 0. The SMILES string of the molecule is O=S(=O)(N=C(c1ccccc1)c1ccccc1)N=C(c1ccccc1)c1ccccc1. The lowest BCUT2D eigenvalue weighted by molar-refractivity contribution is 0.600. The Labute approximate surface area is 182 Å². The Bertz CT molecular complexity index is 1120. The van der Waals surface area contributed by atoms with Crippen molar-refractivity contribution in [3.63, 3.8) is 0 Å². The van der Waals surface area contributed by atoms with Crippen molar-refractivity contribution < 1.29 is 8.42 Å². The quantitative estimate of drug-likeness (QED) is 0.394. The third-order valence-electron chi connectivity index (χ3n) is 4.60. The van der Waals surface area contributed by atoms with Crippen LogP contribution in [0.3, 0.4) is 0 Å². The maximum atomic E-state index is 13.2. The van der Waals surface area contributed by atoms with E-state index in [0.29, 0.717) is 33.7 Å². The molecule has 0 amide bonds. The minimum Gasteiger partial charge on any atom is -0.179 e. The summed E-state index contributed by atoms with van der Waals surface area (Å²) >= 11 is 0. The summed E-state index contributed by atoms with van der Waals surface area (Å²) in [5, 5.41) is 0. The predicted octanol–water partition coefficient (Wildman–Crippen LogP) is 5.31. The van der Waals surface area contributed by atoms with Crippen LogP contribution in [-0.4, -0.2) is 19.8 Å². The minimum absolute atomic E-state index is 0.352. The molecule has 0 aliphatic carbocycles. The summed E-state index contributed by atoms with van der Waals surface area (Å²) in [4.78, 5) is 0. The Balaban J connectivity index is 1.88. The van der Waals surface area contributed by atoms with Gasteiger partial charge >= 0.3 is 10.2 Å². The Morgan fingerprint density at radius 3 is 0.871 bits per heavy atom. The zero-order chi connectivity index (χ0) is 21.5. The van der Waals surface area contributed by atoms with Crippen molar-refractivity contribution in [2.24, 2.45) is 8.80 Å². The third kappa shape index (κ3) is 5.21. The molecule has 0 fully saturated rings. The fourth-order valence-electron chi connectivity index (χ4n) is 3.18. The Morgan fingerprint density at radius 1 is 0.419 bits per heavy atom. The van der Waals surface area contributed by atoms with E-state index in [0.717, 1.165) is 0 Å². The monoisotopic (exact) mass is 424 g/mol. The van der Waals surface area contributed by atoms with Crippen molar-refractivity contribution in [3.05, 3.63) is 144 Å². The Kier molecular flexibility index (Phi) is 6.15. The summed E-state index contributed by atoms with van der Waals surface area (Å²) in [7, 11) is -4.20. The highest BCUT2D eigenvalue weighted by Gasteiger charge is 2.16. The zero-order valence-corrected chi connectivity index (χ0v) is 17.5. The van der Waals surface area contributed by atoms with Gasteiger partial charge < -0.3 is 0 Å². The second kappa shape index (κ2) is 9.32. The third-order valence-corrected chi connectivity index (χ3v) is 5.43. The average Bonchev–Trinajstić information content (AvgIpc) is 2.83. The minimum atomic E-state index is -4.20. The number of hydrogen-bond acceptors (Lipinski definition) is 2. The second-order valence-electron chi connectivity index (χ2n) is 6.79. The van der Waals surface area contributed by atoms with Crippen LogP contribution in [0, 0.1) is 0 Å². The van der Waals surface area contributed by atoms with Crippen molar-refractivity contribution in [3.8, 4) is 0 Å². The molecule has 0 aromatic heterocycles. The molecule has 4 aromatic rings. The number of nitrogens with zero attached hydrogens (tertiary/aromatic N) is 2. The van der Waals surface area contributed by atoms with Gasteiger partial charge in [0.1, 0.15) is 0 Å². The second-order valence-corrected chi connectivity index (χ2v) is 8.05. The van der Waals surface area contributed by atoms with Crippen LogP contribution in [0.5, 0.6) is 0 Å². The first-order valence-electron chi connectivity index (χ1n) is 9.79. The zero-order valence-electron chi connectivity index (χ0n) is 16.7. The highest BCUT2D eigenvalue weighted by atomic mass is 32.2. The normalized spacial score (nSPS) is 10.8. The van der Waals surface area contributed by atoms with Gasteiger partial charge in [0.2, 0.25) is 0 Å². The van der Waals surface area contributed by atoms with Crippen LogP contribution >= 0.6 is 0 Å². The van der Waals surface area contributed by atoms with E-state index >= 15 is 0 Å². The summed E-state index contributed by atoms with van der Waals surface area (Å²) in [5.74, 6) is 0. The number of benzene rings is 4. The molecule has 0 unspecified atom stereocenters. The molecule has 152 valence electrons. The van der Waals surface area contributed by atoms with Gasteiger partial charge in [0, 0.05) is 22.3 Å². The molecular weight excluding hydrogens is 404 g/mol. The van der Waals surface area contributed by atoms with Crippen LogP contribution in [0.25, 0.3) is 0 Å². The van der Waals surface area contributed by atoms with Gasteiger partial charge in [-0.25, -0.2) is 0 Å². The molecule has 4 rings (SSSR count). The number of hydrogen-bond donors (Lipinski definition) is 0. The summed E-state index contributed by atoms with van der Waals surface area (Å²) in [5.41, 5.74) is 3.51. The predicted molar refractivity (Wildman–Crippen MR) is 126 cm³/mol. The van der Waals surface area contributed by atoms with E-state index in [1.807, 2.05) is 121 Å². The molecule has 0 atom stereocenters. The highest BCUT2D eigenvalue weighted by Crippen LogP contribution is 2.17. The molecule has 5 heteroatoms. The first-order valence-corrected chi connectivity index (χ1v) is 11.2. The van der Waals surface area contributed by atoms with E-state index in [1.54, 1.807) is 0 Å². The lowest BCUT2D eigenvalue weighted by Crippen LogP contribution is -2.10. The fraction of sp³-hybridized carbons (Fsp3) is 0. The Hall–Kier alpha value is -3.83. The van der Waals surface area contributed by atoms with E-state index in [2.05, 4.69) is 8.80 Å². The van der Waals surface area contributed by atoms with Crippen molar-refractivity contribution in [2.75, 3.05) is 0 Å². The van der Waals surface area contributed by atoms with Gasteiger partial charge in [-0.1, -0.05) is 121 Å². The first-order chi connectivity index (χ1) is 15.1. The molecule has 4 nitrogen and oxygen atoms in total. The van der Waals surface area contributed by atoms with Crippen molar-refractivity contribution in [1.29, 1.82) is 0 Å². The molecule has 0 aliphatic rings. The van der Waals surface area contributed by atoms with E-state index < -0.39 is 10.2 Å². The maximum absolute atomic E-state index is 13.2. The van der Waals surface area contributed by atoms with E-state index in [9.17, 15) is 8.42 Å². The molecule has 4 aromatic carbocycles. The van der Waals surface area contributed by atoms with Crippen LogP contribution in [0.1, 0.15) is 22.3 Å². The first kappa shape index (κ1) is 20.4. The maximum Gasteiger partial charge on any atom is 0.364 e. The van der Waals surface area contributed by atoms with Gasteiger partial charge in [-0.3, -0.25) is 0 Å². The van der Waals surface area contributed by atoms with Crippen LogP contribution in [0.4, 0.5) is 0 Å². The topological polar surface area (TPSA) is 58.9 Å². The molecule has 31 heavy (non-hydrogen) atoms. The highest BCUT2D eigenvalue weighted by molar-refractivity contribution is 7.89. The molecule has 0 saturated heterocycles. The Morgan fingerprint density at radius 2 is 0.645 bits per heavy atom. The van der Waals surface area contributed by atoms with Gasteiger partial charge in [-0.2, -0.15) is 8.42 Å². The lowest BCUT2D eigenvalue weighted by atomic mass is 10.0. The van der Waals surface area contributed by atoms with Gasteiger partial charge in [-0.05, 0) is 0 Å². The van der Waals surface area contributed by atoms with E-state index in [4.69, 9.17) is 0 Å². The van der Waals surface area contributed by atoms with Crippen LogP contribution in [0.15, 0.2) is 130 Å². The smallest absolute Gasteiger partial charge is 0.179 e. The van der Waals surface area contributed by atoms with E-state index in [-0.39, 0.29) is 0 Å². The van der Waals surface area contributed by atoms with Gasteiger partial charge in [0.15, 0.2) is 0 Å². The van der Waals surface area contributed by atoms with Crippen molar-refractivity contribution >= 4 is 21.6 Å². The summed E-state index contributed by atoms with van der Waals surface area (Å²) in [6.45, 7) is 0. The molecular formula is C26H20N2O2S. The van der Waals surface area contributed by atoms with E-state index in [1.165, 1.54) is 0 Å². The molecule has 0 spiro atoms. The molecule has 0 heterocycles. The number of rotatable bonds is 6. The van der Waals surface area contributed by atoms with Crippen LogP contribution in [0.2, 0.25) is 0 Å². The van der Waals surface area contributed by atoms with Gasteiger partial charge in [-0.15, -0.1) is 8.80 Å². The molecule has 0 bridgehead atoms. The fourth-order valence-corrected chi connectivity index (χ4v) is 4.10. The summed E-state index contributed by atoms with van der Waals surface area (Å²) < 4.78 is 34.6. The molecule has 0 aliphatic heterocycles. The molecule has 0 N–H and O–H groups in total. The van der Waals surface area contributed by atoms with Crippen LogP contribution in [-0.2, 0) is 10.2 Å². The summed E-state index contributed by atoms with van der Waals surface area (Å²) in [6, 6.07) is 37.0.